The summed E-state index contributed by atoms with van der Waals surface area (Å²) >= 11 is 1.69. The molecule has 4 rings (SSSR count). The van der Waals surface area contributed by atoms with Crippen molar-refractivity contribution >= 4 is 22.2 Å². The van der Waals surface area contributed by atoms with E-state index in [0.29, 0.717) is 5.91 Å². The van der Waals surface area contributed by atoms with Crippen LogP contribution in [-0.4, -0.2) is 36.0 Å². The van der Waals surface area contributed by atoms with Gasteiger partial charge in [-0.1, -0.05) is 6.42 Å². The van der Waals surface area contributed by atoms with Crippen LogP contribution in [0, 0.1) is 5.92 Å². The largest absolute Gasteiger partial charge is 0.302 e. The molecule has 1 saturated carbocycles. The molecule has 2 aliphatic heterocycles. The van der Waals surface area contributed by atoms with Crippen LogP contribution in [0.5, 0.6) is 0 Å². The Balaban J connectivity index is 1.57. The van der Waals surface area contributed by atoms with Gasteiger partial charge in [-0.3, -0.25) is 9.69 Å². The Morgan fingerprint density at radius 3 is 3.00 bits per heavy atom. The number of thiophene rings is 1. The van der Waals surface area contributed by atoms with E-state index in [1.807, 2.05) is 11.0 Å². The van der Waals surface area contributed by atoms with Gasteiger partial charge in [0.1, 0.15) is 0 Å². The second-order valence-corrected chi connectivity index (χ2v) is 7.60. The van der Waals surface area contributed by atoms with Crippen LogP contribution < -0.4 is 4.90 Å². The molecule has 1 unspecified atom stereocenters. The molecule has 4 heteroatoms. The zero-order valence-corrected chi connectivity index (χ0v) is 12.7. The maximum Gasteiger partial charge on any atom is 0.229 e. The van der Waals surface area contributed by atoms with E-state index in [9.17, 15) is 4.79 Å². The smallest absolute Gasteiger partial charge is 0.229 e. The van der Waals surface area contributed by atoms with Gasteiger partial charge in [0.05, 0.1) is 5.00 Å². The molecular weight excluding hydrogens is 268 g/mol. The van der Waals surface area contributed by atoms with Crippen LogP contribution in [0.1, 0.15) is 38.5 Å². The number of piperidine rings is 1. The molecule has 0 aromatic carbocycles. The molecule has 1 aliphatic carbocycles. The van der Waals surface area contributed by atoms with E-state index in [-0.39, 0.29) is 5.54 Å². The average molecular weight is 290 g/mol. The van der Waals surface area contributed by atoms with Crippen molar-refractivity contribution in [1.82, 2.24) is 4.90 Å². The summed E-state index contributed by atoms with van der Waals surface area (Å²) in [5.74, 6) is 1.24. The van der Waals surface area contributed by atoms with Crippen LogP contribution in [0.15, 0.2) is 17.5 Å². The lowest BCUT2D eigenvalue weighted by atomic mass is 9.85. The lowest BCUT2D eigenvalue weighted by Crippen LogP contribution is -2.54. The number of anilines is 1. The predicted octanol–water partition coefficient (Wildman–Crippen LogP) is 3.12. The molecule has 0 radical (unpaired) electrons. The van der Waals surface area contributed by atoms with Gasteiger partial charge in [-0.2, -0.15) is 0 Å². The molecule has 3 fully saturated rings. The van der Waals surface area contributed by atoms with Crippen molar-refractivity contribution in [3.8, 4) is 0 Å². The molecule has 0 N–H and O–H groups in total. The first-order valence-electron chi connectivity index (χ1n) is 7.86. The fourth-order valence-electron chi connectivity index (χ4n) is 3.87. The molecular formula is C16H22N2OS. The minimum Gasteiger partial charge on any atom is -0.302 e. The van der Waals surface area contributed by atoms with Gasteiger partial charge in [-0.15, -0.1) is 11.3 Å². The molecule has 3 heterocycles. The Morgan fingerprint density at radius 1 is 1.35 bits per heavy atom. The van der Waals surface area contributed by atoms with E-state index in [2.05, 4.69) is 16.3 Å². The second kappa shape index (κ2) is 4.85. The number of hydrogen-bond donors (Lipinski definition) is 0. The summed E-state index contributed by atoms with van der Waals surface area (Å²) in [5.41, 5.74) is 0.141. The molecule has 1 atom stereocenters. The van der Waals surface area contributed by atoms with Gasteiger partial charge in [0.25, 0.3) is 0 Å². The third kappa shape index (κ3) is 2.19. The second-order valence-electron chi connectivity index (χ2n) is 6.68. The number of carbonyl (C=O) groups excluding carboxylic acids is 1. The molecule has 1 aromatic heterocycles. The number of likely N-dealkylation sites (tertiary alicyclic amines) is 1. The molecule has 108 valence electrons. The van der Waals surface area contributed by atoms with Crippen molar-refractivity contribution in [1.29, 1.82) is 0 Å². The Bertz CT molecular complexity index is 497. The third-order valence-corrected chi connectivity index (χ3v) is 6.06. The summed E-state index contributed by atoms with van der Waals surface area (Å²) in [7, 11) is 0. The van der Waals surface area contributed by atoms with Gasteiger partial charge in [0.15, 0.2) is 0 Å². The molecule has 1 amide bonds. The van der Waals surface area contributed by atoms with Crippen molar-refractivity contribution < 1.29 is 4.79 Å². The van der Waals surface area contributed by atoms with Crippen LogP contribution in [-0.2, 0) is 4.79 Å². The first kappa shape index (κ1) is 12.8. The molecule has 3 nitrogen and oxygen atoms in total. The average Bonchev–Trinajstić information content (AvgIpc) is 2.98. The van der Waals surface area contributed by atoms with E-state index in [1.165, 1.54) is 45.2 Å². The van der Waals surface area contributed by atoms with Gasteiger partial charge in [0.2, 0.25) is 5.91 Å². The Kier molecular flexibility index (Phi) is 3.11. The lowest BCUT2D eigenvalue weighted by molar-refractivity contribution is -0.118. The molecule has 1 aromatic rings. The maximum absolute atomic E-state index is 12.5. The van der Waals surface area contributed by atoms with E-state index in [0.717, 1.165) is 23.9 Å². The fourth-order valence-corrected chi connectivity index (χ4v) is 4.62. The summed E-state index contributed by atoms with van der Waals surface area (Å²) in [4.78, 5) is 17.2. The molecule has 2 saturated heterocycles. The highest BCUT2D eigenvalue weighted by atomic mass is 32.1. The minimum absolute atomic E-state index is 0.141. The van der Waals surface area contributed by atoms with Crippen LogP contribution in [0.25, 0.3) is 0 Å². The topological polar surface area (TPSA) is 23.6 Å². The van der Waals surface area contributed by atoms with Gasteiger partial charge in [-0.05, 0) is 55.7 Å². The van der Waals surface area contributed by atoms with Crippen molar-refractivity contribution in [2.45, 2.75) is 44.1 Å². The number of hydrogen-bond acceptors (Lipinski definition) is 3. The minimum atomic E-state index is 0.141. The summed E-state index contributed by atoms with van der Waals surface area (Å²) < 4.78 is 0. The van der Waals surface area contributed by atoms with Crippen LogP contribution >= 0.6 is 11.3 Å². The first-order valence-corrected chi connectivity index (χ1v) is 8.74. The molecule has 3 aliphatic rings. The number of carbonyl (C=O) groups is 1. The van der Waals surface area contributed by atoms with Gasteiger partial charge in [0, 0.05) is 25.0 Å². The summed E-state index contributed by atoms with van der Waals surface area (Å²) in [6.45, 7) is 3.34. The summed E-state index contributed by atoms with van der Waals surface area (Å²) in [5, 5.41) is 3.19. The molecule has 20 heavy (non-hydrogen) atoms. The van der Waals surface area contributed by atoms with Gasteiger partial charge in [-0.25, -0.2) is 0 Å². The van der Waals surface area contributed by atoms with E-state index >= 15 is 0 Å². The van der Waals surface area contributed by atoms with Crippen molar-refractivity contribution in [3.05, 3.63) is 17.5 Å². The maximum atomic E-state index is 12.5. The van der Waals surface area contributed by atoms with Gasteiger partial charge < -0.3 is 4.90 Å². The highest BCUT2D eigenvalue weighted by Crippen LogP contribution is 2.42. The summed E-state index contributed by atoms with van der Waals surface area (Å²) in [6.07, 6.45) is 7.32. The normalized spacial score (nSPS) is 31.4. The number of amides is 1. The highest BCUT2D eigenvalue weighted by Gasteiger charge is 2.49. The third-order valence-electron chi connectivity index (χ3n) is 5.17. The van der Waals surface area contributed by atoms with Crippen LogP contribution in [0.4, 0.5) is 5.00 Å². The van der Waals surface area contributed by atoms with Crippen molar-refractivity contribution in [3.63, 3.8) is 0 Å². The SMILES string of the molecule is O=C1CC2(CCCCN2CC2CC2)CN1c1cccs1. The predicted molar refractivity (Wildman–Crippen MR) is 82.2 cm³/mol. The quantitative estimate of drug-likeness (QED) is 0.854. The number of rotatable bonds is 3. The Morgan fingerprint density at radius 2 is 2.25 bits per heavy atom. The van der Waals surface area contributed by atoms with Crippen LogP contribution in [0.2, 0.25) is 0 Å². The Labute approximate surface area is 124 Å². The zero-order valence-electron chi connectivity index (χ0n) is 11.9. The van der Waals surface area contributed by atoms with Crippen LogP contribution in [0.3, 0.4) is 0 Å². The summed E-state index contributed by atoms with van der Waals surface area (Å²) in [6, 6.07) is 4.12. The van der Waals surface area contributed by atoms with Crippen molar-refractivity contribution in [2.75, 3.05) is 24.5 Å². The highest BCUT2D eigenvalue weighted by molar-refractivity contribution is 7.14. The lowest BCUT2D eigenvalue weighted by Gasteiger charge is -2.44. The molecule has 1 spiro atoms. The monoisotopic (exact) mass is 290 g/mol. The molecule has 0 bridgehead atoms. The standard InChI is InChI=1S/C16H22N2OS/c19-14-10-16(12-18(14)15-4-3-9-20-15)7-1-2-8-17(16)11-13-5-6-13/h3-4,9,13H,1-2,5-8,10-12H2. The number of nitrogens with zero attached hydrogens (tertiary/aromatic N) is 2. The fraction of sp³-hybridized carbons (Fsp3) is 0.688. The zero-order chi connectivity index (χ0) is 13.6. The van der Waals surface area contributed by atoms with Gasteiger partial charge >= 0.3 is 0 Å². The van der Waals surface area contributed by atoms with E-state index in [4.69, 9.17) is 0 Å². The first-order chi connectivity index (χ1) is 9.77. The van der Waals surface area contributed by atoms with E-state index < -0.39 is 0 Å². The Hall–Kier alpha value is -0.870. The van der Waals surface area contributed by atoms with E-state index in [1.54, 1.807) is 11.3 Å². The van der Waals surface area contributed by atoms with Crippen molar-refractivity contribution in [2.24, 2.45) is 5.92 Å².